The molecule has 2 rings (SSSR count). The van der Waals surface area contributed by atoms with Gasteiger partial charge in [-0.1, -0.05) is 17.7 Å². The average Bonchev–Trinajstić information content (AvgIpc) is 2.69. The van der Waals surface area contributed by atoms with E-state index in [1.165, 1.54) is 6.07 Å². The molecule has 1 N–H and O–H groups in total. The summed E-state index contributed by atoms with van der Waals surface area (Å²) in [5, 5.41) is 3.61. The van der Waals surface area contributed by atoms with Crippen LogP contribution in [0.4, 0.5) is 4.39 Å². The fraction of sp³-hybridized carbons (Fsp3) is 0.538. The van der Waals surface area contributed by atoms with Crippen molar-refractivity contribution in [3.8, 4) is 0 Å². The van der Waals surface area contributed by atoms with Crippen molar-refractivity contribution >= 4 is 11.6 Å². The number of hydrogen-bond donors (Lipinski definition) is 1. The van der Waals surface area contributed by atoms with E-state index in [9.17, 15) is 4.39 Å². The van der Waals surface area contributed by atoms with E-state index < -0.39 is 0 Å². The molecule has 1 aliphatic heterocycles. The normalized spacial score (nSPS) is 26.1. The maximum atomic E-state index is 13.9. The Bertz CT molecular complexity index is 399. The molecule has 0 aromatic heterocycles. The molecule has 0 saturated carbocycles. The second-order valence-corrected chi connectivity index (χ2v) is 5.01. The highest BCUT2D eigenvalue weighted by molar-refractivity contribution is 6.30. The molecule has 3 unspecified atom stereocenters. The minimum Gasteiger partial charge on any atom is -0.378 e. The number of rotatable bonds is 3. The van der Waals surface area contributed by atoms with E-state index in [0.717, 1.165) is 6.42 Å². The lowest BCUT2D eigenvalue weighted by molar-refractivity contribution is 0.117. The fourth-order valence-electron chi connectivity index (χ4n) is 2.48. The minimum atomic E-state index is -0.253. The molecule has 1 aromatic carbocycles. The molecule has 0 bridgehead atoms. The van der Waals surface area contributed by atoms with Crippen LogP contribution in [0.1, 0.15) is 24.9 Å². The molecule has 1 saturated heterocycles. The summed E-state index contributed by atoms with van der Waals surface area (Å²) in [6, 6.07) is 4.82. The fourth-order valence-corrected chi connectivity index (χ4v) is 2.64. The van der Waals surface area contributed by atoms with E-state index in [-0.39, 0.29) is 18.0 Å². The van der Waals surface area contributed by atoms with E-state index in [4.69, 9.17) is 16.3 Å². The quantitative estimate of drug-likeness (QED) is 0.898. The second-order valence-electron chi connectivity index (χ2n) is 4.57. The van der Waals surface area contributed by atoms with Crippen LogP contribution < -0.4 is 5.32 Å². The monoisotopic (exact) mass is 257 g/mol. The third-order valence-corrected chi connectivity index (χ3v) is 3.54. The van der Waals surface area contributed by atoms with Gasteiger partial charge in [0.05, 0.1) is 12.7 Å². The van der Waals surface area contributed by atoms with E-state index in [1.54, 1.807) is 12.1 Å². The lowest BCUT2D eigenvalue weighted by atomic mass is 9.91. The summed E-state index contributed by atoms with van der Waals surface area (Å²) in [6.45, 7) is 2.72. The van der Waals surface area contributed by atoms with Crippen molar-refractivity contribution in [1.29, 1.82) is 0 Å². The van der Waals surface area contributed by atoms with E-state index in [1.807, 2.05) is 14.0 Å². The molecule has 2 nitrogen and oxygen atoms in total. The van der Waals surface area contributed by atoms with Crippen molar-refractivity contribution in [1.82, 2.24) is 5.32 Å². The van der Waals surface area contributed by atoms with Gasteiger partial charge in [0.25, 0.3) is 0 Å². The Morgan fingerprint density at radius 2 is 2.29 bits per heavy atom. The number of benzene rings is 1. The highest BCUT2D eigenvalue weighted by Crippen LogP contribution is 2.33. The van der Waals surface area contributed by atoms with Crippen LogP contribution in [-0.4, -0.2) is 19.8 Å². The molecular formula is C13H17ClFNO. The van der Waals surface area contributed by atoms with Gasteiger partial charge < -0.3 is 10.1 Å². The van der Waals surface area contributed by atoms with Gasteiger partial charge in [-0.2, -0.15) is 0 Å². The van der Waals surface area contributed by atoms with E-state index in [2.05, 4.69) is 5.32 Å². The SMILES string of the molecule is CNC(c1ccc(Cl)cc1F)C1COC(C)C1. The van der Waals surface area contributed by atoms with Crippen LogP contribution in [0.15, 0.2) is 18.2 Å². The average molecular weight is 258 g/mol. The molecule has 1 aromatic rings. The molecule has 4 heteroatoms. The Balaban J connectivity index is 2.23. The summed E-state index contributed by atoms with van der Waals surface area (Å²) < 4.78 is 19.4. The van der Waals surface area contributed by atoms with Crippen LogP contribution in [0, 0.1) is 11.7 Å². The predicted molar refractivity (Wildman–Crippen MR) is 66.7 cm³/mol. The van der Waals surface area contributed by atoms with Crippen molar-refractivity contribution in [2.75, 3.05) is 13.7 Å². The van der Waals surface area contributed by atoms with Gasteiger partial charge in [-0.05, 0) is 32.5 Å². The summed E-state index contributed by atoms with van der Waals surface area (Å²) in [4.78, 5) is 0. The molecule has 1 fully saturated rings. The summed E-state index contributed by atoms with van der Waals surface area (Å²) in [6.07, 6.45) is 1.21. The third kappa shape index (κ3) is 2.79. The molecule has 0 amide bonds. The van der Waals surface area contributed by atoms with Crippen molar-refractivity contribution in [2.45, 2.75) is 25.5 Å². The van der Waals surface area contributed by atoms with Gasteiger partial charge in [0.1, 0.15) is 5.82 Å². The van der Waals surface area contributed by atoms with Gasteiger partial charge in [-0.15, -0.1) is 0 Å². The zero-order chi connectivity index (χ0) is 12.4. The van der Waals surface area contributed by atoms with E-state index in [0.29, 0.717) is 23.1 Å². The Hall–Kier alpha value is -0.640. The third-order valence-electron chi connectivity index (χ3n) is 3.31. The molecule has 1 heterocycles. The maximum absolute atomic E-state index is 13.9. The number of hydrogen-bond acceptors (Lipinski definition) is 2. The Labute approximate surface area is 106 Å². The lowest BCUT2D eigenvalue weighted by Crippen LogP contribution is -2.26. The predicted octanol–water partition coefficient (Wildman–Crippen LogP) is 3.16. The minimum absolute atomic E-state index is 0.0165. The first-order valence-corrected chi connectivity index (χ1v) is 6.23. The summed E-state index contributed by atoms with van der Waals surface area (Å²) in [5.74, 6) is 0.0575. The Morgan fingerprint density at radius 1 is 1.53 bits per heavy atom. The molecule has 0 radical (unpaired) electrons. The molecule has 0 spiro atoms. The lowest BCUT2D eigenvalue weighted by Gasteiger charge is -2.23. The highest BCUT2D eigenvalue weighted by Gasteiger charge is 2.31. The first kappa shape index (κ1) is 12.8. The maximum Gasteiger partial charge on any atom is 0.129 e. The molecule has 3 atom stereocenters. The largest absolute Gasteiger partial charge is 0.378 e. The van der Waals surface area contributed by atoms with Gasteiger partial charge in [0, 0.05) is 22.5 Å². The van der Waals surface area contributed by atoms with Crippen LogP contribution >= 0.6 is 11.6 Å². The molecule has 0 aliphatic carbocycles. The van der Waals surface area contributed by atoms with Crippen LogP contribution in [0.25, 0.3) is 0 Å². The summed E-state index contributed by atoms with van der Waals surface area (Å²) in [7, 11) is 1.85. The summed E-state index contributed by atoms with van der Waals surface area (Å²) >= 11 is 5.76. The standard InChI is InChI=1S/C13H17ClFNO/c1-8-5-9(7-17-8)13(16-2)11-4-3-10(14)6-12(11)15/h3-4,6,8-9,13,16H,5,7H2,1-2H3. The van der Waals surface area contributed by atoms with Gasteiger partial charge in [-0.3, -0.25) is 0 Å². The van der Waals surface area contributed by atoms with Crippen LogP contribution in [0.2, 0.25) is 5.02 Å². The first-order valence-electron chi connectivity index (χ1n) is 5.85. The Morgan fingerprint density at radius 3 is 2.82 bits per heavy atom. The van der Waals surface area contributed by atoms with Crippen molar-refractivity contribution < 1.29 is 9.13 Å². The zero-order valence-corrected chi connectivity index (χ0v) is 10.8. The van der Waals surface area contributed by atoms with Gasteiger partial charge >= 0.3 is 0 Å². The van der Waals surface area contributed by atoms with Crippen LogP contribution in [-0.2, 0) is 4.74 Å². The highest BCUT2D eigenvalue weighted by atomic mass is 35.5. The first-order chi connectivity index (χ1) is 8.11. The molecule has 17 heavy (non-hydrogen) atoms. The Kier molecular flexibility index (Phi) is 4.02. The number of nitrogens with one attached hydrogen (secondary N) is 1. The number of ether oxygens (including phenoxy) is 1. The second kappa shape index (κ2) is 5.34. The van der Waals surface area contributed by atoms with Crippen molar-refractivity contribution in [2.24, 2.45) is 5.92 Å². The summed E-state index contributed by atoms with van der Waals surface area (Å²) in [5.41, 5.74) is 0.666. The van der Waals surface area contributed by atoms with Crippen LogP contribution in [0.3, 0.4) is 0 Å². The van der Waals surface area contributed by atoms with Crippen molar-refractivity contribution in [3.63, 3.8) is 0 Å². The van der Waals surface area contributed by atoms with Gasteiger partial charge in [0.2, 0.25) is 0 Å². The van der Waals surface area contributed by atoms with Gasteiger partial charge in [0.15, 0.2) is 0 Å². The topological polar surface area (TPSA) is 21.3 Å². The molecule has 94 valence electrons. The van der Waals surface area contributed by atoms with E-state index >= 15 is 0 Å². The zero-order valence-electron chi connectivity index (χ0n) is 10.0. The number of halogens is 2. The molecule has 1 aliphatic rings. The smallest absolute Gasteiger partial charge is 0.129 e. The van der Waals surface area contributed by atoms with Crippen molar-refractivity contribution in [3.05, 3.63) is 34.6 Å². The van der Waals surface area contributed by atoms with Crippen LogP contribution in [0.5, 0.6) is 0 Å². The molecular weight excluding hydrogens is 241 g/mol. The van der Waals surface area contributed by atoms with Gasteiger partial charge in [-0.25, -0.2) is 4.39 Å².